The van der Waals surface area contributed by atoms with E-state index in [1.807, 2.05) is 30.3 Å². The third kappa shape index (κ3) is 1.44. The smallest absolute Gasteiger partial charge is 0.246 e. The third-order valence-corrected chi connectivity index (χ3v) is 3.78. The SMILES string of the molecule is O=C1CC[C@]2(N1)C(=O)NC[C@H]2c1ccccc1. The summed E-state index contributed by atoms with van der Waals surface area (Å²) in [6.07, 6.45) is 1.04. The second-order valence-corrected chi connectivity index (χ2v) is 4.69. The number of hydrogen-bond acceptors (Lipinski definition) is 2. The third-order valence-electron chi connectivity index (χ3n) is 3.78. The largest absolute Gasteiger partial charge is 0.353 e. The van der Waals surface area contributed by atoms with E-state index in [4.69, 9.17) is 0 Å². The lowest BCUT2D eigenvalue weighted by Crippen LogP contribution is -2.51. The summed E-state index contributed by atoms with van der Waals surface area (Å²) in [4.78, 5) is 23.4. The molecule has 1 aromatic carbocycles. The Kier molecular flexibility index (Phi) is 2.18. The maximum atomic E-state index is 12.0. The normalized spacial score (nSPS) is 31.6. The molecule has 2 aliphatic heterocycles. The first kappa shape index (κ1) is 10.3. The van der Waals surface area contributed by atoms with Crippen molar-refractivity contribution in [2.45, 2.75) is 24.3 Å². The predicted octanol–water partition coefficient (Wildman–Crippen LogP) is 0.549. The lowest BCUT2D eigenvalue weighted by molar-refractivity contribution is -0.127. The van der Waals surface area contributed by atoms with Crippen LogP contribution < -0.4 is 10.6 Å². The van der Waals surface area contributed by atoms with E-state index in [2.05, 4.69) is 10.6 Å². The van der Waals surface area contributed by atoms with Gasteiger partial charge >= 0.3 is 0 Å². The van der Waals surface area contributed by atoms with Crippen molar-refractivity contribution < 1.29 is 9.59 Å². The van der Waals surface area contributed by atoms with Crippen molar-refractivity contribution in [2.24, 2.45) is 0 Å². The van der Waals surface area contributed by atoms with Gasteiger partial charge in [-0.2, -0.15) is 0 Å². The fraction of sp³-hybridized carbons (Fsp3) is 0.385. The minimum Gasteiger partial charge on any atom is -0.353 e. The van der Waals surface area contributed by atoms with E-state index < -0.39 is 5.54 Å². The van der Waals surface area contributed by atoms with Crippen LogP contribution in [0.3, 0.4) is 0 Å². The first-order valence-corrected chi connectivity index (χ1v) is 5.87. The summed E-state index contributed by atoms with van der Waals surface area (Å²) in [6.45, 7) is 0.600. The fourth-order valence-electron chi connectivity index (χ4n) is 2.89. The molecule has 0 saturated carbocycles. The van der Waals surface area contributed by atoms with Gasteiger partial charge < -0.3 is 10.6 Å². The van der Waals surface area contributed by atoms with Gasteiger partial charge in [-0.25, -0.2) is 0 Å². The van der Waals surface area contributed by atoms with Crippen LogP contribution in [-0.2, 0) is 9.59 Å². The van der Waals surface area contributed by atoms with E-state index in [9.17, 15) is 9.59 Å². The Bertz CT molecular complexity index is 472. The van der Waals surface area contributed by atoms with Crippen LogP contribution in [0.2, 0.25) is 0 Å². The highest BCUT2D eigenvalue weighted by Crippen LogP contribution is 2.38. The lowest BCUT2D eigenvalue weighted by Gasteiger charge is -2.27. The zero-order chi connectivity index (χ0) is 11.9. The average molecular weight is 230 g/mol. The molecule has 1 spiro atoms. The van der Waals surface area contributed by atoms with Crippen LogP contribution in [0.1, 0.15) is 24.3 Å². The molecule has 0 radical (unpaired) electrons. The maximum absolute atomic E-state index is 12.0. The molecule has 0 aromatic heterocycles. The van der Waals surface area contributed by atoms with Gasteiger partial charge in [0.25, 0.3) is 0 Å². The summed E-state index contributed by atoms with van der Waals surface area (Å²) in [7, 11) is 0. The van der Waals surface area contributed by atoms with Crippen LogP contribution in [-0.4, -0.2) is 23.9 Å². The first-order chi connectivity index (χ1) is 8.22. The molecule has 4 nitrogen and oxygen atoms in total. The Morgan fingerprint density at radius 1 is 1.18 bits per heavy atom. The number of rotatable bonds is 1. The summed E-state index contributed by atoms with van der Waals surface area (Å²) >= 11 is 0. The molecule has 0 aliphatic carbocycles. The predicted molar refractivity (Wildman–Crippen MR) is 62.3 cm³/mol. The maximum Gasteiger partial charge on any atom is 0.246 e. The Morgan fingerprint density at radius 3 is 2.59 bits per heavy atom. The van der Waals surface area contributed by atoms with E-state index >= 15 is 0 Å². The number of carbonyl (C=O) groups excluding carboxylic acids is 2. The van der Waals surface area contributed by atoms with Gasteiger partial charge in [0, 0.05) is 18.9 Å². The van der Waals surface area contributed by atoms with E-state index in [-0.39, 0.29) is 17.7 Å². The molecule has 2 heterocycles. The minimum atomic E-state index is -0.710. The molecule has 2 aliphatic rings. The molecular weight excluding hydrogens is 216 g/mol. The van der Waals surface area contributed by atoms with Crippen molar-refractivity contribution >= 4 is 11.8 Å². The van der Waals surface area contributed by atoms with Crippen LogP contribution in [0.5, 0.6) is 0 Å². The second-order valence-electron chi connectivity index (χ2n) is 4.69. The summed E-state index contributed by atoms with van der Waals surface area (Å²) in [5.41, 5.74) is 0.395. The number of carbonyl (C=O) groups is 2. The number of amides is 2. The molecule has 2 saturated heterocycles. The monoisotopic (exact) mass is 230 g/mol. The zero-order valence-corrected chi connectivity index (χ0v) is 9.40. The molecule has 0 unspecified atom stereocenters. The summed E-state index contributed by atoms with van der Waals surface area (Å²) in [6, 6.07) is 9.90. The van der Waals surface area contributed by atoms with Crippen LogP contribution >= 0.6 is 0 Å². The molecular formula is C13H14N2O2. The molecule has 0 bridgehead atoms. The highest BCUT2D eigenvalue weighted by molar-refractivity contribution is 5.97. The summed E-state index contributed by atoms with van der Waals surface area (Å²) in [5.74, 6) is -0.0252. The molecule has 3 rings (SSSR count). The van der Waals surface area contributed by atoms with Gasteiger partial charge in [-0.1, -0.05) is 30.3 Å². The Hall–Kier alpha value is -1.84. The van der Waals surface area contributed by atoms with E-state index in [1.54, 1.807) is 0 Å². The first-order valence-electron chi connectivity index (χ1n) is 5.87. The van der Waals surface area contributed by atoms with Crippen molar-refractivity contribution in [3.63, 3.8) is 0 Å². The van der Waals surface area contributed by atoms with E-state index in [1.165, 1.54) is 0 Å². The van der Waals surface area contributed by atoms with Gasteiger partial charge in [0.1, 0.15) is 5.54 Å². The van der Waals surface area contributed by atoms with Crippen molar-refractivity contribution in [1.29, 1.82) is 0 Å². The van der Waals surface area contributed by atoms with Crippen LogP contribution in [0.25, 0.3) is 0 Å². The Labute approximate surface area is 99.4 Å². The number of nitrogens with one attached hydrogen (secondary N) is 2. The van der Waals surface area contributed by atoms with Crippen LogP contribution in [0.15, 0.2) is 30.3 Å². The minimum absolute atomic E-state index is 0.0250. The standard InChI is InChI=1S/C13H14N2O2/c16-11-6-7-13(15-11)10(8-14-12(13)17)9-4-2-1-3-5-9/h1-5,10H,6-8H2,(H,14,17)(H,15,16)/t10-,13+/m0/s1. The van der Waals surface area contributed by atoms with Gasteiger partial charge in [-0.05, 0) is 12.0 Å². The van der Waals surface area contributed by atoms with Crippen LogP contribution in [0.4, 0.5) is 0 Å². The number of benzene rings is 1. The van der Waals surface area contributed by atoms with Gasteiger partial charge in [0.05, 0.1) is 0 Å². The highest BCUT2D eigenvalue weighted by atomic mass is 16.2. The van der Waals surface area contributed by atoms with Gasteiger partial charge in [0.2, 0.25) is 11.8 Å². The Balaban J connectivity index is 2.00. The Morgan fingerprint density at radius 2 is 1.94 bits per heavy atom. The number of hydrogen-bond donors (Lipinski definition) is 2. The van der Waals surface area contributed by atoms with Crippen molar-refractivity contribution in [3.05, 3.63) is 35.9 Å². The zero-order valence-electron chi connectivity index (χ0n) is 9.40. The second kappa shape index (κ2) is 3.58. The molecule has 2 amide bonds. The molecule has 17 heavy (non-hydrogen) atoms. The van der Waals surface area contributed by atoms with Gasteiger partial charge in [-0.3, -0.25) is 9.59 Å². The summed E-state index contributed by atoms with van der Waals surface area (Å²) in [5, 5.41) is 5.74. The quantitative estimate of drug-likeness (QED) is 0.740. The highest BCUT2D eigenvalue weighted by Gasteiger charge is 2.54. The van der Waals surface area contributed by atoms with Gasteiger partial charge in [-0.15, -0.1) is 0 Å². The van der Waals surface area contributed by atoms with Crippen molar-refractivity contribution in [3.8, 4) is 0 Å². The van der Waals surface area contributed by atoms with E-state index in [0.717, 1.165) is 5.56 Å². The van der Waals surface area contributed by atoms with Crippen LogP contribution in [0, 0.1) is 0 Å². The average Bonchev–Trinajstić information content (AvgIpc) is 2.87. The molecule has 2 atom stereocenters. The molecule has 88 valence electrons. The summed E-state index contributed by atoms with van der Waals surface area (Å²) < 4.78 is 0. The molecule has 2 N–H and O–H groups in total. The molecule has 2 fully saturated rings. The van der Waals surface area contributed by atoms with Crippen molar-refractivity contribution in [1.82, 2.24) is 10.6 Å². The van der Waals surface area contributed by atoms with E-state index in [0.29, 0.717) is 19.4 Å². The fourth-order valence-corrected chi connectivity index (χ4v) is 2.89. The molecule has 4 heteroatoms. The van der Waals surface area contributed by atoms with Crippen molar-refractivity contribution in [2.75, 3.05) is 6.54 Å². The topological polar surface area (TPSA) is 58.2 Å². The molecule has 1 aromatic rings. The lowest BCUT2D eigenvalue weighted by atomic mass is 9.80. The van der Waals surface area contributed by atoms with Gasteiger partial charge in [0.15, 0.2) is 0 Å².